The first-order valence-electron chi connectivity index (χ1n) is 7.63. The maximum absolute atomic E-state index is 6.27. The van der Waals surface area contributed by atoms with E-state index >= 15 is 0 Å². The Labute approximate surface area is 122 Å². The van der Waals surface area contributed by atoms with E-state index < -0.39 is 8.72 Å². The standard InChI is InChI=1S/C15H35NO2Si/c1-10-13-19(17-11-2,18-12-3)16(14(4,5)6)15(7,8)9/h10-13H2,1-9H3. The van der Waals surface area contributed by atoms with Gasteiger partial charge in [0.1, 0.15) is 0 Å². The molecule has 0 heterocycles. The largest absolute Gasteiger partial charge is 0.428 e. The van der Waals surface area contributed by atoms with Crippen molar-refractivity contribution in [2.24, 2.45) is 0 Å². The van der Waals surface area contributed by atoms with Crippen LogP contribution in [0.3, 0.4) is 0 Å². The molecule has 0 aromatic carbocycles. The van der Waals surface area contributed by atoms with Crippen molar-refractivity contribution in [2.45, 2.75) is 85.9 Å². The molecular weight excluding hydrogens is 254 g/mol. The van der Waals surface area contributed by atoms with Crippen LogP contribution in [0.4, 0.5) is 0 Å². The highest BCUT2D eigenvalue weighted by Gasteiger charge is 2.53. The van der Waals surface area contributed by atoms with E-state index in [9.17, 15) is 0 Å². The zero-order valence-corrected chi connectivity index (χ0v) is 15.6. The molecule has 0 radical (unpaired) electrons. The van der Waals surface area contributed by atoms with Crippen molar-refractivity contribution in [1.29, 1.82) is 0 Å². The summed E-state index contributed by atoms with van der Waals surface area (Å²) in [6.07, 6.45) is 1.09. The van der Waals surface area contributed by atoms with Gasteiger partial charge in [-0.15, -0.1) is 0 Å². The van der Waals surface area contributed by atoms with Crippen LogP contribution in [0.5, 0.6) is 0 Å². The fourth-order valence-electron chi connectivity index (χ4n) is 3.22. The summed E-state index contributed by atoms with van der Waals surface area (Å²) in [7, 11) is -2.36. The third-order valence-corrected chi connectivity index (χ3v) is 7.62. The van der Waals surface area contributed by atoms with Crippen LogP contribution in [0, 0.1) is 0 Å². The summed E-state index contributed by atoms with van der Waals surface area (Å²) < 4.78 is 15.1. The van der Waals surface area contributed by atoms with Crippen LogP contribution in [0.2, 0.25) is 6.04 Å². The summed E-state index contributed by atoms with van der Waals surface area (Å²) in [4.78, 5) is 0. The van der Waals surface area contributed by atoms with Gasteiger partial charge in [-0.3, -0.25) is 4.57 Å². The molecule has 0 saturated carbocycles. The summed E-state index contributed by atoms with van der Waals surface area (Å²) in [5.74, 6) is 0. The lowest BCUT2D eigenvalue weighted by molar-refractivity contribution is 0.0271. The van der Waals surface area contributed by atoms with Gasteiger partial charge in [0, 0.05) is 30.3 Å². The molecule has 116 valence electrons. The van der Waals surface area contributed by atoms with Crippen LogP contribution in [0.25, 0.3) is 0 Å². The number of rotatable bonds is 7. The molecule has 0 aromatic rings. The van der Waals surface area contributed by atoms with Crippen molar-refractivity contribution in [1.82, 2.24) is 4.57 Å². The van der Waals surface area contributed by atoms with Crippen molar-refractivity contribution in [3.63, 3.8) is 0 Å². The van der Waals surface area contributed by atoms with Crippen molar-refractivity contribution >= 4 is 8.72 Å². The summed E-state index contributed by atoms with van der Waals surface area (Å²) in [6, 6.07) is 1.02. The molecule has 0 atom stereocenters. The first-order valence-corrected chi connectivity index (χ1v) is 9.60. The lowest BCUT2D eigenvalue weighted by Crippen LogP contribution is -2.70. The normalized spacial score (nSPS) is 14.2. The van der Waals surface area contributed by atoms with Crippen LogP contribution in [-0.2, 0) is 8.85 Å². The summed E-state index contributed by atoms with van der Waals surface area (Å²) in [5.41, 5.74) is 0.0635. The average Bonchev–Trinajstić information content (AvgIpc) is 2.13. The van der Waals surface area contributed by atoms with Crippen molar-refractivity contribution in [3.05, 3.63) is 0 Å². The van der Waals surface area contributed by atoms with Gasteiger partial charge in [0.2, 0.25) is 0 Å². The molecule has 0 aliphatic carbocycles. The molecule has 0 spiro atoms. The van der Waals surface area contributed by atoms with Gasteiger partial charge in [0.25, 0.3) is 0 Å². The smallest absolute Gasteiger partial charge is 0.383 e. The Hall–Kier alpha value is 0.0969. The topological polar surface area (TPSA) is 21.7 Å². The minimum absolute atomic E-state index is 0.0317. The fraction of sp³-hybridized carbons (Fsp3) is 1.00. The zero-order valence-electron chi connectivity index (χ0n) is 14.6. The Balaban J connectivity index is 5.70. The lowest BCUT2D eigenvalue weighted by Gasteiger charge is -2.53. The Morgan fingerprint density at radius 3 is 1.37 bits per heavy atom. The van der Waals surface area contributed by atoms with Crippen molar-refractivity contribution in [2.75, 3.05) is 13.2 Å². The predicted molar refractivity (Wildman–Crippen MR) is 85.4 cm³/mol. The van der Waals surface area contributed by atoms with E-state index in [2.05, 4.69) is 66.9 Å². The number of nitrogens with zero attached hydrogens (tertiary/aromatic N) is 1. The van der Waals surface area contributed by atoms with E-state index in [4.69, 9.17) is 8.85 Å². The molecule has 0 rings (SSSR count). The molecule has 4 heteroatoms. The molecule has 0 amide bonds. The Bertz CT molecular complexity index is 225. The van der Waals surface area contributed by atoms with Gasteiger partial charge in [-0.25, -0.2) is 0 Å². The first-order chi connectivity index (χ1) is 8.55. The van der Waals surface area contributed by atoms with Crippen LogP contribution < -0.4 is 0 Å². The molecular formula is C15H35NO2Si. The molecule has 0 fully saturated rings. The molecule has 0 unspecified atom stereocenters. The average molecular weight is 290 g/mol. The van der Waals surface area contributed by atoms with E-state index in [1.807, 2.05) is 0 Å². The van der Waals surface area contributed by atoms with Gasteiger partial charge < -0.3 is 8.85 Å². The zero-order chi connectivity index (χ0) is 15.3. The van der Waals surface area contributed by atoms with E-state index in [1.54, 1.807) is 0 Å². The van der Waals surface area contributed by atoms with Crippen LogP contribution in [-0.4, -0.2) is 37.6 Å². The molecule has 3 nitrogen and oxygen atoms in total. The molecule has 0 N–H and O–H groups in total. The Morgan fingerprint density at radius 1 is 0.789 bits per heavy atom. The van der Waals surface area contributed by atoms with Gasteiger partial charge in [0.05, 0.1) is 0 Å². The van der Waals surface area contributed by atoms with E-state index in [-0.39, 0.29) is 11.1 Å². The van der Waals surface area contributed by atoms with Gasteiger partial charge in [-0.1, -0.05) is 13.3 Å². The molecule has 19 heavy (non-hydrogen) atoms. The SMILES string of the molecule is CCC[Si](OCC)(OCC)N(C(C)(C)C)C(C)(C)C. The highest BCUT2D eigenvalue weighted by atomic mass is 28.4. The number of hydrogen-bond acceptors (Lipinski definition) is 3. The molecule has 0 saturated heterocycles. The van der Waals surface area contributed by atoms with Gasteiger partial charge >= 0.3 is 8.72 Å². The summed E-state index contributed by atoms with van der Waals surface area (Å²) >= 11 is 0. The van der Waals surface area contributed by atoms with Crippen LogP contribution in [0.15, 0.2) is 0 Å². The monoisotopic (exact) mass is 289 g/mol. The highest BCUT2D eigenvalue weighted by molar-refractivity contribution is 6.64. The van der Waals surface area contributed by atoms with E-state index in [0.29, 0.717) is 0 Å². The second kappa shape index (κ2) is 7.20. The quantitative estimate of drug-likeness (QED) is 0.652. The Kier molecular flexibility index (Phi) is 7.24. The van der Waals surface area contributed by atoms with Crippen LogP contribution >= 0.6 is 0 Å². The minimum atomic E-state index is -2.36. The predicted octanol–water partition coefficient (Wildman–Crippen LogP) is 4.31. The minimum Gasteiger partial charge on any atom is -0.383 e. The second-order valence-corrected chi connectivity index (χ2v) is 9.96. The number of hydrogen-bond donors (Lipinski definition) is 0. The molecule has 0 aliphatic rings. The van der Waals surface area contributed by atoms with Crippen LogP contribution in [0.1, 0.15) is 68.7 Å². The summed E-state index contributed by atoms with van der Waals surface area (Å²) in [5, 5.41) is 0. The van der Waals surface area contributed by atoms with Crippen molar-refractivity contribution in [3.8, 4) is 0 Å². The molecule has 0 aliphatic heterocycles. The maximum atomic E-state index is 6.27. The second-order valence-electron chi connectivity index (χ2n) is 7.01. The third-order valence-electron chi connectivity index (χ3n) is 2.99. The first kappa shape index (κ1) is 19.1. The maximum Gasteiger partial charge on any atom is 0.428 e. The molecule has 0 bridgehead atoms. The van der Waals surface area contributed by atoms with E-state index in [1.165, 1.54) is 0 Å². The lowest BCUT2D eigenvalue weighted by atomic mass is 10.0. The van der Waals surface area contributed by atoms with E-state index in [0.717, 1.165) is 25.7 Å². The third kappa shape index (κ3) is 5.18. The van der Waals surface area contributed by atoms with Gasteiger partial charge in [-0.05, 0) is 55.4 Å². The Morgan fingerprint density at radius 2 is 1.16 bits per heavy atom. The van der Waals surface area contributed by atoms with Crippen molar-refractivity contribution < 1.29 is 8.85 Å². The van der Waals surface area contributed by atoms with Gasteiger partial charge in [-0.2, -0.15) is 0 Å². The fourth-order valence-corrected chi connectivity index (χ4v) is 7.65. The summed E-state index contributed by atoms with van der Waals surface area (Å²) in [6.45, 7) is 21.3. The van der Waals surface area contributed by atoms with Gasteiger partial charge in [0.15, 0.2) is 0 Å². The highest BCUT2D eigenvalue weighted by Crippen LogP contribution is 2.35. The molecule has 0 aromatic heterocycles.